The molecule has 2 amide bonds. The molecule has 1 heterocycles. The number of ether oxygens (including phenoxy) is 1. The molecular formula is C20H17BrN2O3S2. The molecule has 1 aliphatic rings. The van der Waals surface area contributed by atoms with Gasteiger partial charge in [0, 0.05) is 29.2 Å². The number of carbonyl (C=O) groups is 2. The zero-order valence-electron chi connectivity index (χ0n) is 15.0. The molecule has 1 fully saturated rings. The second-order valence-corrected chi connectivity index (χ2v) is 8.51. The molecule has 0 unspecified atom stereocenters. The molecule has 1 N–H and O–H groups in total. The van der Waals surface area contributed by atoms with Crippen LogP contribution in [0.1, 0.15) is 12.0 Å². The molecule has 0 spiro atoms. The first-order valence-electron chi connectivity index (χ1n) is 8.41. The van der Waals surface area contributed by atoms with Crippen LogP contribution in [0, 0.1) is 0 Å². The molecule has 2 aromatic rings. The summed E-state index contributed by atoms with van der Waals surface area (Å²) in [5, 5.41) is 2.80. The summed E-state index contributed by atoms with van der Waals surface area (Å²) in [5.41, 5.74) is 1.55. The molecule has 1 aliphatic heterocycles. The second-order valence-electron chi connectivity index (χ2n) is 5.92. The number of halogens is 1. The van der Waals surface area contributed by atoms with Crippen molar-refractivity contribution in [1.29, 1.82) is 0 Å². The first-order valence-corrected chi connectivity index (χ1v) is 10.4. The van der Waals surface area contributed by atoms with Crippen LogP contribution >= 0.6 is 39.9 Å². The lowest BCUT2D eigenvalue weighted by atomic mass is 10.2. The van der Waals surface area contributed by atoms with Crippen LogP contribution in [0.25, 0.3) is 6.08 Å². The van der Waals surface area contributed by atoms with Gasteiger partial charge in [0.25, 0.3) is 5.91 Å². The predicted molar refractivity (Wildman–Crippen MR) is 120 cm³/mol. The van der Waals surface area contributed by atoms with E-state index in [1.807, 2.05) is 24.3 Å². The van der Waals surface area contributed by atoms with Crippen molar-refractivity contribution in [3.63, 3.8) is 0 Å². The summed E-state index contributed by atoms with van der Waals surface area (Å²) in [4.78, 5) is 26.9. The van der Waals surface area contributed by atoms with E-state index >= 15 is 0 Å². The summed E-state index contributed by atoms with van der Waals surface area (Å²) in [6, 6.07) is 14.8. The number of nitrogens with one attached hydrogen (secondary N) is 1. The van der Waals surface area contributed by atoms with Crippen molar-refractivity contribution in [3.8, 4) is 5.75 Å². The highest BCUT2D eigenvalue weighted by Crippen LogP contribution is 2.33. The number of methoxy groups -OCH3 is 1. The third-order valence-electron chi connectivity index (χ3n) is 3.94. The van der Waals surface area contributed by atoms with E-state index in [9.17, 15) is 9.59 Å². The van der Waals surface area contributed by atoms with E-state index in [4.69, 9.17) is 17.0 Å². The maximum absolute atomic E-state index is 12.6. The number of nitrogens with zero attached hydrogens (tertiary/aromatic N) is 1. The average Bonchev–Trinajstić information content (AvgIpc) is 2.93. The van der Waals surface area contributed by atoms with Gasteiger partial charge in [0.15, 0.2) is 0 Å². The molecule has 1 saturated heterocycles. The van der Waals surface area contributed by atoms with Gasteiger partial charge >= 0.3 is 0 Å². The van der Waals surface area contributed by atoms with Crippen molar-refractivity contribution in [1.82, 2.24) is 4.90 Å². The van der Waals surface area contributed by atoms with Gasteiger partial charge in [0.1, 0.15) is 10.1 Å². The van der Waals surface area contributed by atoms with E-state index in [0.717, 1.165) is 10.0 Å². The summed E-state index contributed by atoms with van der Waals surface area (Å²) >= 11 is 9.99. The van der Waals surface area contributed by atoms with Crippen LogP contribution in [-0.2, 0) is 9.59 Å². The van der Waals surface area contributed by atoms with Crippen molar-refractivity contribution in [3.05, 3.63) is 63.5 Å². The van der Waals surface area contributed by atoms with E-state index in [-0.39, 0.29) is 24.8 Å². The number of hydrogen-bond donors (Lipinski definition) is 1. The van der Waals surface area contributed by atoms with Crippen molar-refractivity contribution in [2.45, 2.75) is 6.42 Å². The molecule has 0 atom stereocenters. The zero-order valence-corrected chi connectivity index (χ0v) is 18.2. The SMILES string of the molecule is COc1cccc(NC(=O)CCN2C(=O)/C(=C/c3cccc(Br)c3)SC2=S)c1. The molecular weight excluding hydrogens is 460 g/mol. The molecule has 0 radical (unpaired) electrons. The summed E-state index contributed by atoms with van der Waals surface area (Å²) in [6.45, 7) is 0.232. The van der Waals surface area contributed by atoms with Crippen LogP contribution < -0.4 is 10.1 Å². The number of rotatable bonds is 6. The number of anilines is 1. The molecule has 0 aliphatic carbocycles. The standard InChI is InChI=1S/C20H17BrN2O3S2/c1-26-16-7-3-6-15(12-16)22-18(24)8-9-23-19(25)17(28-20(23)27)11-13-4-2-5-14(21)10-13/h2-7,10-12H,8-9H2,1H3,(H,22,24)/b17-11-. The predicted octanol–water partition coefficient (Wildman–Crippen LogP) is 4.69. The molecule has 5 nitrogen and oxygen atoms in total. The fourth-order valence-corrected chi connectivity index (χ4v) is 4.30. The van der Waals surface area contributed by atoms with Crippen LogP contribution in [0.15, 0.2) is 57.9 Å². The quantitative estimate of drug-likeness (QED) is 0.484. The molecule has 0 saturated carbocycles. The monoisotopic (exact) mass is 476 g/mol. The van der Waals surface area contributed by atoms with E-state index in [1.165, 1.54) is 16.7 Å². The highest BCUT2D eigenvalue weighted by molar-refractivity contribution is 9.10. The summed E-state index contributed by atoms with van der Waals surface area (Å²) in [5.74, 6) is 0.287. The minimum atomic E-state index is -0.196. The van der Waals surface area contributed by atoms with E-state index in [0.29, 0.717) is 20.7 Å². The molecule has 2 aromatic carbocycles. The summed E-state index contributed by atoms with van der Waals surface area (Å²) in [7, 11) is 1.57. The first kappa shape index (κ1) is 20.6. The van der Waals surface area contributed by atoms with Gasteiger partial charge in [-0.2, -0.15) is 0 Å². The molecule has 144 valence electrons. The minimum Gasteiger partial charge on any atom is -0.497 e. The van der Waals surface area contributed by atoms with Crippen LogP contribution in [0.5, 0.6) is 5.75 Å². The maximum Gasteiger partial charge on any atom is 0.266 e. The first-order chi connectivity index (χ1) is 13.5. The number of carbonyl (C=O) groups excluding carboxylic acids is 2. The lowest BCUT2D eigenvalue weighted by molar-refractivity contribution is -0.122. The number of amides is 2. The molecule has 8 heteroatoms. The van der Waals surface area contributed by atoms with Gasteiger partial charge in [-0.3, -0.25) is 14.5 Å². The third-order valence-corrected chi connectivity index (χ3v) is 5.81. The van der Waals surface area contributed by atoms with Crippen LogP contribution in [0.3, 0.4) is 0 Å². The second kappa shape index (κ2) is 9.36. The van der Waals surface area contributed by atoms with Gasteiger partial charge in [0.05, 0.1) is 12.0 Å². The lowest BCUT2D eigenvalue weighted by Crippen LogP contribution is -2.31. The molecule has 0 aromatic heterocycles. The van der Waals surface area contributed by atoms with Gasteiger partial charge in [-0.25, -0.2) is 0 Å². The van der Waals surface area contributed by atoms with Gasteiger partial charge in [-0.05, 0) is 35.9 Å². The Hall–Kier alpha value is -2.16. The number of thiocarbonyl (C=S) groups is 1. The smallest absolute Gasteiger partial charge is 0.266 e. The molecule has 0 bridgehead atoms. The van der Waals surface area contributed by atoms with E-state index in [2.05, 4.69) is 21.2 Å². The largest absolute Gasteiger partial charge is 0.497 e. The Morgan fingerprint density at radius 2 is 2.07 bits per heavy atom. The van der Waals surface area contributed by atoms with Crippen LogP contribution in [0.4, 0.5) is 5.69 Å². The highest BCUT2D eigenvalue weighted by atomic mass is 79.9. The van der Waals surface area contributed by atoms with Crippen LogP contribution in [0.2, 0.25) is 0 Å². The minimum absolute atomic E-state index is 0.147. The topological polar surface area (TPSA) is 58.6 Å². The van der Waals surface area contributed by atoms with E-state index in [1.54, 1.807) is 37.5 Å². The van der Waals surface area contributed by atoms with Crippen molar-refractivity contribution in [2.75, 3.05) is 19.0 Å². The number of benzene rings is 2. The van der Waals surface area contributed by atoms with Gasteiger partial charge in [0.2, 0.25) is 5.91 Å². The van der Waals surface area contributed by atoms with E-state index < -0.39 is 0 Å². The summed E-state index contributed by atoms with van der Waals surface area (Å²) < 4.78 is 6.54. The molecule has 3 rings (SSSR count). The Morgan fingerprint density at radius 1 is 1.29 bits per heavy atom. The Kier molecular flexibility index (Phi) is 6.88. The maximum atomic E-state index is 12.6. The Bertz CT molecular complexity index is 962. The fourth-order valence-electron chi connectivity index (χ4n) is 2.58. The van der Waals surface area contributed by atoms with Gasteiger partial charge in [-0.1, -0.05) is 58.1 Å². The highest BCUT2D eigenvalue weighted by Gasteiger charge is 2.32. The van der Waals surface area contributed by atoms with Crippen molar-refractivity contribution in [2.24, 2.45) is 0 Å². The Labute approximate surface area is 181 Å². The normalized spacial score (nSPS) is 15.2. The number of thioether (sulfide) groups is 1. The van der Waals surface area contributed by atoms with Crippen LogP contribution in [-0.4, -0.2) is 34.7 Å². The average molecular weight is 477 g/mol. The van der Waals surface area contributed by atoms with Gasteiger partial charge in [-0.15, -0.1) is 0 Å². The van der Waals surface area contributed by atoms with Crippen molar-refractivity contribution < 1.29 is 14.3 Å². The molecule has 28 heavy (non-hydrogen) atoms. The zero-order chi connectivity index (χ0) is 20.1. The van der Waals surface area contributed by atoms with Gasteiger partial charge < -0.3 is 10.1 Å². The Balaban J connectivity index is 1.60. The third kappa shape index (κ3) is 5.21. The van der Waals surface area contributed by atoms with Crippen molar-refractivity contribution >= 4 is 67.8 Å². The number of hydrogen-bond acceptors (Lipinski definition) is 5. The Morgan fingerprint density at radius 3 is 2.82 bits per heavy atom. The lowest BCUT2D eigenvalue weighted by Gasteiger charge is -2.14. The summed E-state index contributed by atoms with van der Waals surface area (Å²) in [6.07, 6.45) is 1.95. The fraction of sp³-hybridized carbons (Fsp3) is 0.150.